The van der Waals surface area contributed by atoms with Crippen LogP contribution in [-0.2, 0) is 27.7 Å². The number of benzene rings is 3. The fourth-order valence-corrected chi connectivity index (χ4v) is 4.75. The molecule has 8 heteroatoms. The molecule has 0 bridgehead atoms. The third-order valence-corrected chi connectivity index (χ3v) is 6.92. The quantitative estimate of drug-likeness (QED) is 0.279. The molecule has 3 rings (SSSR count). The number of para-hydroxylation sites is 1. The van der Waals surface area contributed by atoms with Crippen molar-refractivity contribution in [2.24, 2.45) is 0 Å². The summed E-state index contributed by atoms with van der Waals surface area (Å²) in [6.45, 7) is 0.428. The first-order valence-electron chi connectivity index (χ1n) is 11.6. The molecule has 35 heavy (non-hydrogen) atoms. The predicted octanol–water partition coefficient (Wildman–Crippen LogP) is 4.66. The lowest BCUT2D eigenvalue weighted by Crippen LogP contribution is -2.13. The molecule has 0 saturated carbocycles. The summed E-state index contributed by atoms with van der Waals surface area (Å²) in [7, 11) is -3.65. The number of aliphatic hydroxyl groups excluding tert-OH is 1. The molecule has 0 amide bonds. The Hall–Kier alpha value is -3.36. The fraction of sp³-hybridized carbons (Fsp3) is 0.296. The highest BCUT2D eigenvalue weighted by molar-refractivity contribution is 7.92. The molecule has 186 valence electrons. The second-order valence-corrected chi connectivity index (χ2v) is 9.99. The highest BCUT2D eigenvalue weighted by atomic mass is 32.2. The largest absolute Gasteiger partial charge is 0.493 e. The fourth-order valence-electron chi connectivity index (χ4n) is 3.68. The number of nitrogens with one attached hydrogen (secondary N) is 1. The van der Waals surface area contributed by atoms with Crippen LogP contribution < -0.4 is 9.46 Å². The lowest BCUT2D eigenvalue weighted by atomic mass is 10.0. The number of hydrogen-bond acceptors (Lipinski definition) is 5. The maximum absolute atomic E-state index is 12.5. The van der Waals surface area contributed by atoms with E-state index in [2.05, 4.69) is 4.72 Å². The van der Waals surface area contributed by atoms with Crippen LogP contribution in [0.25, 0.3) is 0 Å². The van der Waals surface area contributed by atoms with Crippen molar-refractivity contribution in [3.05, 3.63) is 90.0 Å². The van der Waals surface area contributed by atoms with Gasteiger partial charge in [-0.3, -0.25) is 9.52 Å². The van der Waals surface area contributed by atoms with Gasteiger partial charge in [0.2, 0.25) is 0 Å². The molecule has 0 aliphatic rings. The van der Waals surface area contributed by atoms with Gasteiger partial charge in [0.1, 0.15) is 5.75 Å². The van der Waals surface area contributed by atoms with Crippen molar-refractivity contribution in [1.82, 2.24) is 0 Å². The molecule has 0 heterocycles. The number of ether oxygens (including phenoxy) is 1. The number of anilines is 1. The molecule has 0 aliphatic carbocycles. The summed E-state index contributed by atoms with van der Waals surface area (Å²) >= 11 is 0. The van der Waals surface area contributed by atoms with Crippen molar-refractivity contribution in [2.45, 2.75) is 49.5 Å². The Bertz CT molecular complexity index is 1200. The summed E-state index contributed by atoms with van der Waals surface area (Å²) in [5.74, 6) is -0.167. The molecule has 3 aromatic rings. The van der Waals surface area contributed by atoms with Crippen LogP contribution >= 0.6 is 0 Å². The Labute approximate surface area is 206 Å². The van der Waals surface area contributed by atoms with E-state index in [4.69, 9.17) is 9.84 Å². The third-order valence-electron chi connectivity index (χ3n) is 5.52. The molecule has 0 unspecified atom stereocenters. The smallest absolute Gasteiger partial charge is 0.303 e. The minimum absolute atomic E-state index is 0.0496. The number of carbonyl (C=O) groups is 1. The topological polar surface area (TPSA) is 113 Å². The van der Waals surface area contributed by atoms with E-state index in [0.717, 1.165) is 11.1 Å². The van der Waals surface area contributed by atoms with Crippen molar-refractivity contribution in [1.29, 1.82) is 0 Å². The lowest BCUT2D eigenvalue weighted by Gasteiger charge is -2.14. The summed E-state index contributed by atoms with van der Waals surface area (Å²) in [4.78, 5) is 11.0. The van der Waals surface area contributed by atoms with Crippen LogP contribution in [0.1, 0.15) is 36.8 Å². The molecular weight excluding hydrogens is 466 g/mol. The summed E-state index contributed by atoms with van der Waals surface area (Å²) in [6.07, 6.45) is 2.34. The first kappa shape index (κ1) is 26.2. The Kier molecular flexibility index (Phi) is 9.69. The standard InChI is InChI=1S/C27H31NO6S/c29-24(11-7-19-34-26-14-5-4-9-22(26)16-18-27(30)31)17-15-21-8-6-10-23(20-21)28-35(32,33)25-12-2-1-3-13-25/h1-6,8-10,12-14,20,24,28-29H,7,11,15-19H2,(H,30,31)/t24-/m1/s1. The van der Waals surface area contributed by atoms with Gasteiger partial charge in [-0.25, -0.2) is 8.42 Å². The highest BCUT2D eigenvalue weighted by Crippen LogP contribution is 2.21. The minimum atomic E-state index is -3.65. The van der Waals surface area contributed by atoms with Crippen molar-refractivity contribution in [3.63, 3.8) is 0 Å². The SMILES string of the molecule is O=C(O)CCc1ccccc1OCCC[C@@H](O)CCc1cccc(NS(=O)(=O)c2ccccc2)c1. The van der Waals surface area contributed by atoms with Crippen LogP contribution in [0.3, 0.4) is 0 Å². The van der Waals surface area contributed by atoms with Gasteiger partial charge in [0, 0.05) is 12.1 Å². The number of carboxylic acids is 1. The normalized spacial score (nSPS) is 12.1. The van der Waals surface area contributed by atoms with Crippen molar-refractivity contribution in [3.8, 4) is 5.75 Å². The van der Waals surface area contributed by atoms with E-state index in [9.17, 15) is 18.3 Å². The lowest BCUT2D eigenvalue weighted by molar-refractivity contribution is -0.136. The number of hydrogen-bond donors (Lipinski definition) is 3. The number of aliphatic carboxylic acids is 1. The van der Waals surface area contributed by atoms with Gasteiger partial charge in [0.15, 0.2) is 0 Å². The second kappa shape index (κ2) is 12.9. The molecule has 0 aliphatic heterocycles. The van der Waals surface area contributed by atoms with Gasteiger partial charge in [-0.1, -0.05) is 48.5 Å². The second-order valence-electron chi connectivity index (χ2n) is 8.30. The van der Waals surface area contributed by atoms with Gasteiger partial charge in [-0.15, -0.1) is 0 Å². The van der Waals surface area contributed by atoms with E-state index in [1.54, 1.807) is 48.5 Å². The molecule has 0 spiro atoms. The summed E-state index contributed by atoms with van der Waals surface area (Å²) in [5, 5.41) is 19.3. The van der Waals surface area contributed by atoms with E-state index < -0.39 is 22.1 Å². The Morgan fingerprint density at radius 2 is 1.66 bits per heavy atom. The summed E-state index contributed by atoms with van der Waals surface area (Å²) < 4.78 is 33.5. The van der Waals surface area contributed by atoms with E-state index in [1.165, 1.54) is 0 Å². The van der Waals surface area contributed by atoms with E-state index in [-0.39, 0.29) is 11.3 Å². The number of sulfonamides is 1. The van der Waals surface area contributed by atoms with Gasteiger partial charge < -0.3 is 14.9 Å². The molecule has 1 atom stereocenters. The third kappa shape index (κ3) is 8.73. The van der Waals surface area contributed by atoms with Crippen LogP contribution in [0.2, 0.25) is 0 Å². The minimum Gasteiger partial charge on any atom is -0.493 e. The number of aryl methyl sites for hydroxylation is 2. The van der Waals surface area contributed by atoms with Gasteiger partial charge in [-0.2, -0.15) is 0 Å². The van der Waals surface area contributed by atoms with Crippen molar-refractivity contribution >= 4 is 21.7 Å². The summed E-state index contributed by atoms with van der Waals surface area (Å²) in [6, 6.07) is 22.8. The van der Waals surface area contributed by atoms with Gasteiger partial charge in [0.05, 0.1) is 17.6 Å². The van der Waals surface area contributed by atoms with Crippen LogP contribution in [-0.4, -0.2) is 37.3 Å². The zero-order chi connectivity index (χ0) is 25.1. The van der Waals surface area contributed by atoms with Crippen molar-refractivity contribution < 1.29 is 28.2 Å². The molecule has 0 aromatic heterocycles. The van der Waals surface area contributed by atoms with E-state index >= 15 is 0 Å². The zero-order valence-corrected chi connectivity index (χ0v) is 20.3. The first-order valence-corrected chi connectivity index (χ1v) is 13.1. The maximum Gasteiger partial charge on any atom is 0.303 e. The van der Waals surface area contributed by atoms with E-state index in [0.29, 0.717) is 50.1 Å². The molecule has 0 radical (unpaired) electrons. The number of aliphatic hydroxyl groups is 1. The molecule has 7 nitrogen and oxygen atoms in total. The molecule has 3 N–H and O–H groups in total. The van der Waals surface area contributed by atoms with Gasteiger partial charge >= 0.3 is 5.97 Å². The zero-order valence-electron chi connectivity index (χ0n) is 19.5. The monoisotopic (exact) mass is 497 g/mol. The molecule has 0 saturated heterocycles. The van der Waals surface area contributed by atoms with E-state index in [1.807, 2.05) is 30.3 Å². The highest BCUT2D eigenvalue weighted by Gasteiger charge is 2.14. The maximum atomic E-state index is 12.5. The number of rotatable bonds is 14. The predicted molar refractivity (Wildman–Crippen MR) is 135 cm³/mol. The van der Waals surface area contributed by atoms with Crippen LogP contribution in [0.5, 0.6) is 5.75 Å². The molecule has 3 aromatic carbocycles. The molecule has 0 fully saturated rings. The van der Waals surface area contributed by atoms with Gasteiger partial charge in [-0.05, 0) is 73.6 Å². The Morgan fingerprint density at radius 3 is 2.43 bits per heavy atom. The Balaban J connectivity index is 1.43. The van der Waals surface area contributed by atoms with Crippen LogP contribution in [0, 0.1) is 0 Å². The Morgan fingerprint density at radius 1 is 0.914 bits per heavy atom. The van der Waals surface area contributed by atoms with Crippen LogP contribution in [0.15, 0.2) is 83.8 Å². The molecular formula is C27H31NO6S. The van der Waals surface area contributed by atoms with Gasteiger partial charge in [0.25, 0.3) is 10.0 Å². The average Bonchev–Trinajstić information content (AvgIpc) is 2.85. The van der Waals surface area contributed by atoms with Crippen molar-refractivity contribution in [2.75, 3.05) is 11.3 Å². The first-order chi connectivity index (χ1) is 16.8. The van der Waals surface area contributed by atoms with Crippen LogP contribution in [0.4, 0.5) is 5.69 Å². The average molecular weight is 498 g/mol. The number of carboxylic acid groups (broad SMARTS) is 1. The summed E-state index contributed by atoms with van der Waals surface area (Å²) in [5.41, 5.74) is 2.27.